The fraction of sp³-hybridized carbons (Fsp3) is 0.600. The van der Waals surface area contributed by atoms with E-state index in [0.717, 1.165) is 31.8 Å². The number of nitrogens with one attached hydrogen (secondary N) is 3. The van der Waals surface area contributed by atoms with Crippen molar-refractivity contribution in [3.8, 4) is 0 Å². The summed E-state index contributed by atoms with van der Waals surface area (Å²) in [6.45, 7) is 2.31. The Labute approximate surface area is 88.7 Å². The predicted octanol–water partition coefficient (Wildman–Crippen LogP) is 0.0255. The topological polar surface area (TPSA) is 69.8 Å². The maximum atomic E-state index is 11.7. The van der Waals surface area contributed by atoms with Gasteiger partial charge in [0.2, 0.25) is 5.91 Å². The van der Waals surface area contributed by atoms with Crippen LogP contribution in [-0.4, -0.2) is 29.0 Å². The van der Waals surface area contributed by atoms with E-state index in [0.29, 0.717) is 6.54 Å². The number of hydrogen-bond donors (Lipinski definition) is 3. The standard InChI is InChI=1S/C10H16N4O/c15-10(8-2-1-3-11-6-8)14-7-9-12-4-5-13-9/h4-5,8,11H,1-3,6-7H2,(H,12,13)(H,14,15)/t8-/m1/s1. The van der Waals surface area contributed by atoms with E-state index in [1.807, 2.05) is 0 Å². The number of rotatable bonds is 3. The molecule has 0 spiro atoms. The summed E-state index contributed by atoms with van der Waals surface area (Å²) >= 11 is 0. The summed E-state index contributed by atoms with van der Waals surface area (Å²) in [6, 6.07) is 0. The minimum Gasteiger partial charge on any atom is -0.349 e. The summed E-state index contributed by atoms with van der Waals surface area (Å²) in [6.07, 6.45) is 5.50. The first-order valence-corrected chi connectivity index (χ1v) is 5.33. The lowest BCUT2D eigenvalue weighted by Gasteiger charge is -2.21. The molecular formula is C10H16N4O. The van der Waals surface area contributed by atoms with Gasteiger partial charge in [0.05, 0.1) is 12.5 Å². The molecule has 1 atom stereocenters. The number of imidazole rings is 1. The average molecular weight is 208 g/mol. The van der Waals surface area contributed by atoms with E-state index in [1.165, 1.54) is 0 Å². The molecule has 5 nitrogen and oxygen atoms in total. The summed E-state index contributed by atoms with van der Waals surface area (Å²) in [5, 5.41) is 6.11. The van der Waals surface area contributed by atoms with Crippen LogP contribution in [0, 0.1) is 5.92 Å². The molecule has 0 aliphatic carbocycles. The van der Waals surface area contributed by atoms with Gasteiger partial charge in [-0.1, -0.05) is 0 Å². The second-order valence-corrected chi connectivity index (χ2v) is 3.80. The van der Waals surface area contributed by atoms with Crippen molar-refractivity contribution in [3.05, 3.63) is 18.2 Å². The molecule has 0 aromatic carbocycles. The van der Waals surface area contributed by atoms with Crippen LogP contribution < -0.4 is 10.6 Å². The number of piperidine rings is 1. The summed E-state index contributed by atoms with van der Waals surface area (Å²) in [4.78, 5) is 18.7. The van der Waals surface area contributed by atoms with Crippen LogP contribution in [0.2, 0.25) is 0 Å². The van der Waals surface area contributed by atoms with Crippen molar-refractivity contribution in [1.82, 2.24) is 20.6 Å². The molecule has 0 bridgehead atoms. The van der Waals surface area contributed by atoms with Crippen LogP contribution in [0.5, 0.6) is 0 Å². The highest BCUT2D eigenvalue weighted by Gasteiger charge is 2.20. The molecule has 1 amide bonds. The third kappa shape index (κ3) is 2.79. The minimum absolute atomic E-state index is 0.119. The molecule has 0 saturated carbocycles. The number of amides is 1. The Morgan fingerprint density at radius 1 is 1.67 bits per heavy atom. The zero-order valence-corrected chi connectivity index (χ0v) is 8.62. The highest BCUT2D eigenvalue weighted by molar-refractivity contribution is 5.78. The monoisotopic (exact) mass is 208 g/mol. The maximum Gasteiger partial charge on any atom is 0.224 e. The van der Waals surface area contributed by atoms with Gasteiger partial charge in [0.25, 0.3) is 0 Å². The zero-order valence-electron chi connectivity index (χ0n) is 8.62. The Morgan fingerprint density at radius 2 is 2.60 bits per heavy atom. The number of aromatic amines is 1. The van der Waals surface area contributed by atoms with Gasteiger partial charge < -0.3 is 15.6 Å². The molecule has 1 aliphatic rings. The first kappa shape index (κ1) is 10.2. The fourth-order valence-corrected chi connectivity index (χ4v) is 1.79. The lowest BCUT2D eigenvalue weighted by Crippen LogP contribution is -2.40. The third-order valence-electron chi connectivity index (χ3n) is 2.65. The van der Waals surface area contributed by atoms with Gasteiger partial charge in [0, 0.05) is 18.9 Å². The highest BCUT2D eigenvalue weighted by atomic mass is 16.1. The lowest BCUT2D eigenvalue weighted by molar-refractivity contribution is -0.125. The van der Waals surface area contributed by atoms with Gasteiger partial charge in [0.15, 0.2) is 0 Å². The van der Waals surface area contributed by atoms with Gasteiger partial charge in [0.1, 0.15) is 5.82 Å². The molecule has 2 heterocycles. The van der Waals surface area contributed by atoms with Crippen LogP contribution in [0.15, 0.2) is 12.4 Å². The summed E-state index contributed by atoms with van der Waals surface area (Å²) in [5.74, 6) is 1.04. The molecule has 1 aromatic heterocycles. The molecule has 15 heavy (non-hydrogen) atoms. The van der Waals surface area contributed by atoms with Crippen molar-refractivity contribution in [2.75, 3.05) is 13.1 Å². The average Bonchev–Trinajstić information content (AvgIpc) is 2.80. The second-order valence-electron chi connectivity index (χ2n) is 3.80. The second kappa shape index (κ2) is 4.93. The molecule has 82 valence electrons. The van der Waals surface area contributed by atoms with Crippen molar-refractivity contribution < 1.29 is 4.79 Å². The van der Waals surface area contributed by atoms with Crippen molar-refractivity contribution in [1.29, 1.82) is 0 Å². The Balaban J connectivity index is 1.76. The van der Waals surface area contributed by atoms with Gasteiger partial charge in [-0.2, -0.15) is 0 Å². The van der Waals surface area contributed by atoms with Gasteiger partial charge in [-0.15, -0.1) is 0 Å². The molecule has 2 rings (SSSR count). The van der Waals surface area contributed by atoms with Gasteiger partial charge in [-0.25, -0.2) is 4.98 Å². The first-order valence-electron chi connectivity index (χ1n) is 5.33. The van der Waals surface area contributed by atoms with Crippen molar-refractivity contribution in [2.24, 2.45) is 5.92 Å². The Bertz CT molecular complexity index is 303. The lowest BCUT2D eigenvalue weighted by atomic mass is 9.99. The van der Waals surface area contributed by atoms with E-state index >= 15 is 0 Å². The number of carbonyl (C=O) groups is 1. The molecular weight excluding hydrogens is 192 g/mol. The first-order chi connectivity index (χ1) is 7.36. The molecule has 5 heteroatoms. The van der Waals surface area contributed by atoms with E-state index in [-0.39, 0.29) is 11.8 Å². The Morgan fingerprint density at radius 3 is 3.27 bits per heavy atom. The largest absolute Gasteiger partial charge is 0.349 e. The van der Waals surface area contributed by atoms with Crippen LogP contribution in [-0.2, 0) is 11.3 Å². The van der Waals surface area contributed by atoms with Crippen LogP contribution in [0.4, 0.5) is 0 Å². The molecule has 1 fully saturated rings. The molecule has 0 radical (unpaired) electrons. The predicted molar refractivity (Wildman–Crippen MR) is 56.0 cm³/mol. The Hall–Kier alpha value is -1.36. The van der Waals surface area contributed by atoms with E-state index in [1.54, 1.807) is 12.4 Å². The number of H-pyrrole nitrogens is 1. The normalized spacial score (nSPS) is 21.2. The van der Waals surface area contributed by atoms with Crippen LogP contribution in [0.3, 0.4) is 0 Å². The molecule has 1 aliphatic heterocycles. The van der Waals surface area contributed by atoms with Gasteiger partial charge in [-0.05, 0) is 19.4 Å². The van der Waals surface area contributed by atoms with Gasteiger partial charge in [-0.3, -0.25) is 4.79 Å². The van der Waals surface area contributed by atoms with E-state index in [9.17, 15) is 4.79 Å². The molecule has 0 unspecified atom stereocenters. The van der Waals surface area contributed by atoms with E-state index in [2.05, 4.69) is 20.6 Å². The quantitative estimate of drug-likeness (QED) is 0.656. The van der Waals surface area contributed by atoms with E-state index in [4.69, 9.17) is 0 Å². The zero-order chi connectivity index (χ0) is 10.5. The van der Waals surface area contributed by atoms with Crippen molar-refractivity contribution >= 4 is 5.91 Å². The van der Waals surface area contributed by atoms with E-state index < -0.39 is 0 Å². The van der Waals surface area contributed by atoms with Crippen molar-refractivity contribution in [3.63, 3.8) is 0 Å². The van der Waals surface area contributed by atoms with Crippen LogP contribution >= 0.6 is 0 Å². The number of hydrogen-bond acceptors (Lipinski definition) is 3. The van der Waals surface area contributed by atoms with Crippen LogP contribution in [0.25, 0.3) is 0 Å². The molecule has 1 aromatic rings. The van der Waals surface area contributed by atoms with Crippen molar-refractivity contribution in [2.45, 2.75) is 19.4 Å². The highest BCUT2D eigenvalue weighted by Crippen LogP contribution is 2.09. The third-order valence-corrected chi connectivity index (χ3v) is 2.65. The minimum atomic E-state index is 0.119. The Kier molecular flexibility index (Phi) is 3.34. The smallest absolute Gasteiger partial charge is 0.224 e. The van der Waals surface area contributed by atoms with Crippen LogP contribution in [0.1, 0.15) is 18.7 Å². The number of aromatic nitrogens is 2. The fourth-order valence-electron chi connectivity index (χ4n) is 1.79. The SMILES string of the molecule is O=C(NCc1ncc[nH]1)[C@@H]1CCCNC1. The summed E-state index contributed by atoms with van der Waals surface area (Å²) < 4.78 is 0. The molecule has 1 saturated heterocycles. The summed E-state index contributed by atoms with van der Waals surface area (Å²) in [7, 11) is 0. The number of carbonyl (C=O) groups excluding carboxylic acids is 1. The maximum absolute atomic E-state index is 11.7. The summed E-state index contributed by atoms with van der Waals surface area (Å²) in [5.41, 5.74) is 0. The number of nitrogens with zero attached hydrogens (tertiary/aromatic N) is 1. The van der Waals surface area contributed by atoms with Gasteiger partial charge >= 0.3 is 0 Å². The molecule has 3 N–H and O–H groups in total.